The minimum absolute atomic E-state index is 0.211. The molecule has 1 aromatic carbocycles. The van der Waals surface area contributed by atoms with Gasteiger partial charge >= 0.3 is 20.0 Å². The second-order valence-electron chi connectivity index (χ2n) is 4.61. The zero-order valence-corrected chi connectivity index (χ0v) is 11.8. The van der Waals surface area contributed by atoms with Crippen LogP contribution in [0.4, 0.5) is 0 Å². The average molecular weight is 299 g/mol. The second kappa shape index (κ2) is 6.59. The average Bonchev–Trinajstić information content (AvgIpc) is 2.38. The van der Waals surface area contributed by atoms with Gasteiger partial charge in [0.05, 0.1) is 0 Å². The Morgan fingerprint density at radius 2 is 1.80 bits per heavy atom. The van der Waals surface area contributed by atoms with Crippen LogP contribution in [0.15, 0.2) is 30.3 Å². The van der Waals surface area contributed by atoms with E-state index in [1.807, 2.05) is 0 Å². The van der Waals surface area contributed by atoms with Crippen molar-refractivity contribution in [3.05, 3.63) is 35.9 Å². The van der Waals surface area contributed by atoms with Gasteiger partial charge in [0.15, 0.2) is 0 Å². The maximum absolute atomic E-state index is 11.7. The Morgan fingerprint density at radius 3 is 2.20 bits per heavy atom. The van der Waals surface area contributed by atoms with Crippen LogP contribution in [0.1, 0.15) is 25.3 Å². The molecule has 108 valence electrons. The predicted molar refractivity (Wildman–Crippen MR) is 71.6 cm³/mol. The van der Waals surface area contributed by atoms with Crippen molar-refractivity contribution in [3.63, 3.8) is 0 Å². The minimum atomic E-state index is -2.85. The van der Waals surface area contributed by atoms with E-state index in [2.05, 4.69) is 0 Å². The van der Waals surface area contributed by atoms with Crippen LogP contribution in [0.3, 0.4) is 0 Å². The molecule has 0 aliphatic carbocycles. The number of carboxylic acids is 2. The third-order valence-electron chi connectivity index (χ3n) is 3.38. The molecule has 0 fully saturated rings. The van der Waals surface area contributed by atoms with Gasteiger partial charge in [0.25, 0.3) is 0 Å². The number of hydrogen-bond donors (Lipinski definition) is 3. The predicted octanol–water partition coefficient (Wildman–Crippen LogP) is 2.20. The molecule has 3 N–H and O–H groups in total. The molecule has 20 heavy (non-hydrogen) atoms. The fraction of sp³-hybridized carbons (Fsp3) is 0.385. The van der Waals surface area contributed by atoms with Crippen LogP contribution in [0.25, 0.3) is 0 Å². The Hall–Kier alpha value is -1.78. The standard InChI is InChI=1S/C13H15O6P/c1-13(20(18)19,9-5-3-2-4-6-9)10(12(16)17)7-8-11(14)15/h2-6,10H,7-8H2,1H3,(H2-,14,15,16,17,18,19)/p+1. The Morgan fingerprint density at radius 1 is 1.25 bits per heavy atom. The highest BCUT2D eigenvalue weighted by Gasteiger charge is 2.56. The molecule has 6 nitrogen and oxygen atoms in total. The molecule has 0 spiro atoms. The maximum Gasteiger partial charge on any atom is 0.517 e. The van der Waals surface area contributed by atoms with Crippen molar-refractivity contribution in [2.45, 2.75) is 24.9 Å². The lowest BCUT2D eigenvalue weighted by atomic mass is 9.83. The maximum atomic E-state index is 11.7. The molecule has 0 radical (unpaired) electrons. The lowest BCUT2D eigenvalue weighted by Gasteiger charge is -2.24. The van der Waals surface area contributed by atoms with Crippen LogP contribution in [0, 0.1) is 5.92 Å². The normalized spacial score (nSPS) is 16.0. The number of rotatable bonds is 7. The lowest BCUT2D eigenvalue weighted by Crippen LogP contribution is -2.35. The third-order valence-corrected chi connectivity index (χ3v) is 4.74. The van der Waals surface area contributed by atoms with Crippen molar-refractivity contribution in [2.24, 2.45) is 5.92 Å². The van der Waals surface area contributed by atoms with Crippen LogP contribution in [-0.2, 0) is 19.3 Å². The van der Waals surface area contributed by atoms with Crippen molar-refractivity contribution in [3.8, 4) is 0 Å². The summed E-state index contributed by atoms with van der Waals surface area (Å²) < 4.78 is 11.7. The van der Waals surface area contributed by atoms with E-state index in [1.54, 1.807) is 30.3 Å². The molecule has 0 saturated carbocycles. The van der Waals surface area contributed by atoms with Gasteiger partial charge in [-0.3, -0.25) is 9.59 Å². The Kier molecular flexibility index (Phi) is 5.36. The van der Waals surface area contributed by atoms with Crippen molar-refractivity contribution < 1.29 is 29.3 Å². The summed E-state index contributed by atoms with van der Waals surface area (Å²) in [7, 11) is -2.85. The molecule has 0 saturated heterocycles. The minimum Gasteiger partial charge on any atom is -0.481 e. The molecule has 0 bridgehead atoms. The van der Waals surface area contributed by atoms with Crippen molar-refractivity contribution in [1.29, 1.82) is 0 Å². The first-order valence-corrected chi connectivity index (χ1v) is 7.17. The molecule has 0 heterocycles. The van der Waals surface area contributed by atoms with Gasteiger partial charge in [-0.1, -0.05) is 30.3 Å². The highest BCUT2D eigenvalue weighted by atomic mass is 31.1. The fourth-order valence-electron chi connectivity index (χ4n) is 2.13. The summed E-state index contributed by atoms with van der Waals surface area (Å²) in [6.45, 7) is 1.38. The summed E-state index contributed by atoms with van der Waals surface area (Å²) in [5.41, 5.74) is 0.404. The van der Waals surface area contributed by atoms with E-state index in [9.17, 15) is 24.2 Å². The molecule has 1 aromatic rings. The highest BCUT2D eigenvalue weighted by molar-refractivity contribution is 7.39. The van der Waals surface area contributed by atoms with Crippen molar-refractivity contribution in [2.75, 3.05) is 0 Å². The fourth-order valence-corrected chi connectivity index (χ4v) is 3.01. The van der Waals surface area contributed by atoms with Gasteiger partial charge in [-0.2, -0.15) is 4.89 Å². The quantitative estimate of drug-likeness (QED) is 0.665. The van der Waals surface area contributed by atoms with Crippen molar-refractivity contribution >= 4 is 20.0 Å². The molecular formula is C13H16O6P+. The van der Waals surface area contributed by atoms with E-state index in [4.69, 9.17) is 5.11 Å². The van der Waals surface area contributed by atoms with E-state index < -0.39 is 31.0 Å². The number of aliphatic carboxylic acids is 2. The lowest BCUT2D eigenvalue weighted by molar-refractivity contribution is -0.144. The first-order valence-electron chi connectivity index (χ1n) is 5.96. The van der Waals surface area contributed by atoms with Crippen LogP contribution in [0.2, 0.25) is 0 Å². The summed E-state index contributed by atoms with van der Waals surface area (Å²) in [5, 5.41) is 16.5. The van der Waals surface area contributed by atoms with Gasteiger partial charge in [-0.05, 0) is 17.9 Å². The zero-order valence-electron chi connectivity index (χ0n) is 10.9. The Bertz CT molecular complexity index is 515. The van der Waals surface area contributed by atoms with Crippen molar-refractivity contribution in [1.82, 2.24) is 0 Å². The number of carbonyl (C=O) groups is 2. The number of benzene rings is 1. The van der Waals surface area contributed by atoms with Gasteiger partial charge in [0.1, 0.15) is 5.92 Å². The van der Waals surface area contributed by atoms with E-state index >= 15 is 0 Å². The van der Waals surface area contributed by atoms with Crippen LogP contribution in [0.5, 0.6) is 0 Å². The summed E-state index contributed by atoms with van der Waals surface area (Å²) in [4.78, 5) is 31.6. The monoisotopic (exact) mass is 299 g/mol. The van der Waals surface area contributed by atoms with Gasteiger partial charge in [-0.25, -0.2) is 0 Å². The van der Waals surface area contributed by atoms with E-state index in [0.717, 1.165) is 0 Å². The topological polar surface area (TPSA) is 112 Å². The number of carboxylic acid groups (broad SMARTS) is 2. The SMILES string of the molecule is CC(c1ccccc1)(C(CCC(=O)O)C(=O)O)[P+](=O)O. The largest absolute Gasteiger partial charge is 0.517 e. The molecular weight excluding hydrogens is 283 g/mol. The van der Waals surface area contributed by atoms with Gasteiger partial charge in [-0.15, -0.1) is 0 Å². The molecule has 0 amide bonds. The first-order chi connectivity index (χ1) is 9.30. The molecule has 3 unspecified atom stereocenters. The summed E-state index contributed by atoms with van der Waals surface area (Å²) >= 11 is 0. The van der Waals surface area contributed by atoms with E-state index in [-0.39, 0.29) is 12.8 Å². The number of hydrogen-bond acceptors (Lipinski definition) is 3. The van der Waals surface area contributed by atoms with Gasteiger partial charge in [0.2, 0.25) is 5.16 Å². The summed E-state index contributed by atoms with van der Waals surface area (Å²) in [6, 6.07) is 8.13. The highest BCUT2D eigenvalue weighted by Crippen LogP contribution is 2.51. The second-order valence-corrected chi connectivity index (χ2v) is 6.08. The Balaban J connectivity index is 3.24. The molecule has 7 heteroatoms. The van der Waals surface area contributed by atoms with E-state index in [1.165, 1.54) is 6.92 Å². The summed E-state index contributed by atoms with van der Waals surface area (Å²) in [6.07, 6.45) is -0.583. The smallest absolute Gasteiger partial charge is 0.481 e. The van der Waals surface area contributed by atoms with Gasteiger partial charge < -0.3 is 10.2 Å². The van der Waals surface area contributed by atoms with Crippen LogP contribution >= 0.6 is 8.03 Å². The molecule has 3 atom stereocenters. The third kappa shape index (κ3) is 3.40. The molecule has 0 aliphatic heterocycles. The summed E-state index contributed by atoms with van der Waals surface area (Å²) in [5.74, 6) is -3.68. The zero-order chi connectivity index (χ0) is 15.3. The molecule has 0 aromatic heterocycles. The Labute approximate surface area is 116 Å². The van der Waals surface area contributed by atoms with Crippen LogP contribution in [-0.4, -0.2) is 27.0 Å². The first kappa shape index (κ1) is 16.3. The molecule has 0 aliphatic rings. The van der Waals surface area contributed by atoms with E-state index in [0.29, 0.717) is 5.56 Å². The van der Waals surface area contributed by atoms with Crippen LogP contribution < -0.4 is 0 Å². The van der Waals surface area contributed by atoms with Gasteiger partial charge in [0, 0.05) is 12.0 Å². The molecule has 1 rings (SSSR count).